The van der Waals surface area contributed by atoms with Crippen molar-refractivity contribution in [3.8, 4) is 0 Å². The summed E-state index contributed by atoms with van der Waals surface area (Å²) < 4.78 is 27.8. The number of benzene rings is 1. The minimum absolute atomic E-state index is 0.0634. The fourth-order valence-electron chi connectivity index (χ4n) is 1.71. The average molecular weight is 254 g/mol. The first-order valence-corrected chi connectivity index (χ1v) is 5.25. The summed E-state index contributed by atoms with van der Waals surface area (Å²) in [5, 5.41) is 14.2. The van der Waals surface area contributed by atoms with Crippen LogP contribution in [0.25, 0.3) is 0 Å². The molecule has 3 N–H and O–H groups in total. The molecule has 0 aliphatic carbocycles. The van der Waals surface area contributed by atoms with E-state index in [2.05, 4.69) is 10.1 Å². The smallest absolute Gasteiger partial charge is 0.137 e. The molecule has 1 atom stereocenters. The van der Waals surface area contributed by atoms with Crippen molar-refractivity contribution >= 4 is 0 Å². The van der Waals surface area contributed by atoms with Crippen LogP contribution >= 0.6 is 0 Å². The van der Waals surface area contributed by atoms with Crippen molar-refractivity contribution in [3.05, 3.63) is 48.1 Å². The van der Waals surface area contributed by atoms with Crippen LogP contribution < -0.4 is 5.73 Å². The summed E-state index contributed by atoms with van der Waals surface area (Å²) in [6.45, 7) is -0.290. The highest BCUT2D eigenvalue weighted by atomic mass is 19.1. The third-order valence-electron chi connectivity index (χ3n) is 2.66. The van der Waals surface area contributed by atoms with E-state index < -0.39 is 17.2 Å². The van der Waals surface area contributed by atoms with E-state index in [0.717, 1.165) is 6.07 Å². The molecule has 2 rings (SSSR count). The summed E-state index contributed by atoms with van der Waals surface area (Å²) in [4.78, 5) is 3.72. The number of aromatic nitrogens is 3. The number of halogens is 2. The number of nitrogens with two attached hydrogens (primary N) is 1. The molecule has 0 amide bonds. The first kappa shape index (κ1) is 12.6. The number of hydrogen-bond donors (Lipinski definition) is 2. The average Bonchev–Trinajstić information content (AvgIpc) is 2.81. The van der Waals surface area contributed by atoms with E-state index in [1.807, 2.05) is 0 Å². The van der Waals surface area contributed by atoms with Crippen molar-refractivity contribution in [2.24, 2.45) is 5.73 Å². The zero-order chi connectivity index (χ0) is 13.2. The Balaban J connectivity index is 2.36. The molecule has 0 saturated heterocycles. The molecule has 0 radical (unpaired) electrons. The van der Waals surface area contributed by atoms with Crippen LogP contribution in [0.4, 0.5) is 8.78 Å². The van der Waals surface area contributed by atoms with E-state index in [0.29, 0.717) is 6.07 Å². The van der Waals surface area contributed by atoms with Gasteiger partial charge in [-0.25, -0.2) is 18.4 Å². The van der Waals surface area contributed by atoms with Crippen LogP contribution in [0.1, 0.15) is 5.56 Å². The normalized spacial score (nSPS) is 14.4. The zero-order valence-electron chi connectivity index (χ0n) is 9.42. The van der Waals surface area contributed by atoms with Crippen LogP contribution in [0.15, 0.2) is 30.9 Å². The fourth-order valence-corrected chi connectivity index (χ4v) is 1.71. The molecule has 96 valence electrons. The second-order valence-corrected chi connectivity index (χ2v) is 3.95. The maximum absolute atomic E-state index is 13.7. The molecule has 1 aromatic carbocycles. The third-order valence-corrected chi connectivity index (χ3v) is 2.66. The van der Waals surface area contributed by atoms with Gasteiger partial charge in [-0.05, 0) is 6.07 Å². The fraction of sp³-hybridized carbons (Fsp3) is 0.273. The largest absolute Gasteiger partial charge is 0.382 e. The lowest BCUT2D eigenvalue weighted by Gasteiger charge is -2.27. The summed E-state index contributed by atoms with van der Waals surface area (Å²) in [5.41, 5.74) is 3.76. The molecule has 2 aromatic rings. The summed E-state index contributed by atoms with van der Waals surface area (Å²) in [6, 6.07) is 2.95. The highest BCUT2D eigenvalue weighted by Gasteiger charge is 2.31. The topological polar surface area (TPSA) is 77.0 Å². The van der Waals surface area contributed by atoms with Gasteiger partial charge in [0.1, 0.15) is 29.9 Å². The Morgan fingerprint density at radius 1 is 1.39 bits per heavy atom. The molecule has 18 heavy (non-hydrogen) atoms. The lowest BCUT2D eigenvalue weighted by molar-refractivity contribution is 0.0205. The zero-order valence-corrected chi connectivity index (χ0v) is 9.42. The van der Waals surface area contributed by atoms with Crippen LogP contribution in [0.2, 0.25) is 0 Å². The first-order chi connectivity index (χ1) is 8.55. The molecule has 7 heteroatoms. The first-order valence-electron chi connectivity index (χ1n) is 5.25. The van der Waals surface area contributed by atoms with Gasteiger partial charge in [0, 0.05) is 18.2 Å². The van der Waals surface area contributed by atoms with Gasteiger partial charge in [0.2, 0.25) is 0 Å². The van der Waals surface area contributed by atoms with E-state index in [1.54, 1.807) is 0 Å². The Morgan fingerprint density at radius 3 is 2.72 bits per heavy atom. The van der Waals surface area contributed by atoms with Crippen LogP contribution in [-0.4, -0.2) is 26.4 Å². The molecule has 0 fully saturated rings. The van der Waals surface area contributed by atoms with Crippen molar-refractivity contribution in [2.45, 2.75) is 12.1 Å². The van der Waals surface area contributed by atoms with Gasteiger partial charge in [-0.2, -0.15) is 5.10 Å². The Bertz CT molecular complexity index is 532. The Labute approximate surface area is 102 Å². The van der Waals surface area contributed by atoms with Gasteiger partial charge < -0.3 is 10.8 Å². The highest BCUT2D eigenvalue weighted by molar-refractivity contribution is 5.25. The van der Waals surface area contributed by atoms with Crippen molar-refractivity contribution in [1.82, 2.24) is 14.8 Å². The van der Waals surface area contributed by atoms with E-state index in [1.165, 1.54) is 23.4 Å². The molecule has 0 saturated carbocycles. The lowest BCUT2D eigenvalue weighted by Crippen LogP contribution is -2.40. The molecule has 0 bridgehead atoms. The predicted molar refractivity (Wildman–Crippen MR) is 59.3 cm³/mol. The molecular weight excluding hydrogens is 242 g/mol. The molecule has 1 heterocycles. The third kappa shape index (κ3) is 2.36. The van der Waals surface area contributed by atoms with Crippen molar-refractivity contribution in [1.29, 1.82) is 0 Å². The van der Waals surface area contributed by atoms with Crippen molar-refractivity contribution < 1.29 is 13.9 Å². The standard InChI is InChI=1S/C11H12F2N4O/c12-8-1-2-9(10(13)3-8)11(18,4-14)5-17-7-15-6-16-17/h1-3,6-7,18H,4-5,14H2/t11-/m1/s1. The lowest BCUT2D eigenvalue weighted by atomic mass is 9.93. The number of hydrogen-bond acceptors (Lipinski definition) is 4. The summed E-state index contributed by atoms with van der Waals surface area (Å²) in [5.74, 6) is -1.56. The number of aliphatic hydroxyl groups is 1. The second kappa shape index (κ2) is 4.79. The molecular formula is C11H12F2N4O. The number of nitrogens with zero attached hydrogens (tertiary/aromatic N) is 3. The number of rotatable bonds is 4. The van der Waals surface area contributed by atoms with Gasteiger partial charge in [0.25, 0.3) is 0 Å². The molecule has 0 aliphatic rings. The molecule has 5 nitrogen and oxygen atoms in total. The summed E-state index contributed by atoms with van der Waals surface area (Å²) in [7, 11) is 0. The van der Waals surface area contributed by atoms with Gasteiger partial charge >= 0.3 is 0 Å². The van der Waals surface area contributed by atoms with Gasteiger partial charge in [-0.3, -0.25) is 0 Å². The predicted octanol–water partition coefficient (Wildman–Crippen LogP) is 0.403. The summed E-state index contributed by atoms with van der Waals surface area (Å²) in [6.07, 6.45) is 2.67. The van der Waals surface area contributed by atoms with Crippen LogP contribution in [0.5, 0.6) is 0 Å². The Morgan fingerprint density at radius 2 is 2.17 bits per heavy atom. The SMILES string of the molecule is NC[C@@](O)(Cn1cncn1)c1ccc(F)cc1F. The summed E-state index contributed by atoms with van der Waals surface area (Å²) >= 11 is 0. The van der Waals surface area contributed by atoms with Gasteiger partial charge in [0.15, 0.2) is 0 Å². The Kier molecular flexibility index (Phi) is 3.35. The van der Waals surface area contributed by atoms with E-state index >= 15 is 0 Å². The highest BCUT2D eigenvalue weighted by Crippen LogP contribution is 2.25. The van der Waals surface area contributed by atoms with E-state index in [-0.39, 0.29) is 18.7 Å². The maximum Gasteiger partial charge on any atom is 0.137 e. The van der Waals surface area contributed by atoms with E-state index in [4.69, 9.17) is 5.73 Å². The van der Waals surface area contributed by atoms with Gasteiger partial charge in [-0.15, -0.1) is 0 Å². The van der Waals surface area contributed by atoms with Crippen LogP contribution in [0.3, 0.4) is 0 Å². The Hall–Kier alpha value is -1.86. The second-order valence-electron chi connectivity index (χ2n) is 3.95. The minimum Gasteiger partial charge on any atom is -0.382 e. The van der Waals surface area contributed by atoms with Crippen molar-refractivity contribution in [3.63, 3.8) is 0 Å². The molecule has 1 aromatic heterocycles. The van der Waals surface area contributed by atoms with Gasteiger partial charge in [-0.1, -0.05) is 6.07 Å². The quantitative estimate of drug-likeness (QED) is 0.828. The molecule has 0 aliphatic heterocycles. The van der Waals surface area contributed by atoms with Crippen LogP contribution in [-0.2, 0) is 12.1 Å². The van der Waals surface area contributed by atoms with E-state index in [9.17, 15) is 13.9 Å². The molecule has 0 unspecified atom stereocenters. The maximum atomic E-state index is 13.7. The minimum atomic E-state index is -1.66. The monoisotopic (exact) mass is 254 g/mol. The van der Waals surface area contributed by atoms with Gasteiger partial charge in [0.05, 0.1) is 6.54 Å². The molecule has 0 spiro atoms. The van der Waals surface area contributed by atoms with Crippen molar-refractivity contribution in [2.75, 3.05) is 6.54 Å². The van der Waals surface area contributed by atoms with Crippen LogP contribution in [0, 0.1) is 11.6 Å².